The summed E-state index contributed by atoms with van der Waals surface area (Å²) in [5.41, 5.74) is -1.06. The minimum atomic E-state index is -4.56. The Labute approximate surface area is 144 Å². The van der Waals surface area contributed by atoms with Gasteiger partial charge in [-0.1, -0.05) is 17.7 Å². The number of sulfonamides is 1. The number of pyridine rings is 1. The third-order valence-electron chi connectivity index (χ3n) is 3.26. The van der Waals surface area contributed by atoms with Crippen LogP contribution in [0, 0.1) is 0 Å². The molecular formula is C13H10ClF3N2O3S2. The topological polar surface area (TPSA) is 59.5 Å². The van der Waals surface area contributed by atoms with Crippen molar-refractivity contribution in [3.8, 4) is 5.88 Å². The van der Waals surface area contributed by atoms with E-state index in [4.69, 9.17) is 16.3 Å². The Bertz CT molecular complexity index is 848. The average molecular weight is 399 g/mol. The molecule has 1 aliphatic heterocycles. The van der Waals surface area contributed by atoms with Crippen LogP contribution in [0.4, 0.5) is 13.2 Å². The highest BCUT2D eigenvalue weighted by atomic mass is 35.5. The smallest absolute Gasteiger partial charge is 0.433 e. The first kappa shape index (κ1) is 17.5. The van der Waals surface area contributed by atoms with Crippen LogP contribution in [0.1, 0.15) is 5.69 Å². The molecule has 11 heteroatoms. The zero-order valence-electron chi connectivity index (χ0n) is 11.8. The highest BCUT2D eigenvalue weighted by molar-refractivity contribution is 7.91. The Hall–Kier alpha value is -1.36. The Morgan fingerprint density at radius 1 is 1.25 bits per heavy atom. The SMILES string of the molecule is O=S(=O)(c1ccc(Cl)s1)N1CC(Oc2cccc(C(F)(F)F)n2)C1. The summed E-state index contributed by atoms with van der Waals surface area (Å²) in [5, 5.41) is 0. The van der Waals surface area contributed by atoms with Crippen LogP contribution < -0.4 is 4.74 Å². The van der Waals surface area contributed by atoms with Gasteiger partial charge in [-0.05, 0) is 18.2 Å². The van der Waals surface area contributed by atoms with E-state index in [1.807, 2.05) is 0 Å². The molecule has 0 N–H and O–H groups in total. The molecule has 2 aromatic heterocycles. The largest absolute Gasteiger partial charge is 0.472 e. The summed E-state index contributed by atoms with van der Waals surface area (Å²) in [4.78, 5) is 3.38. The van der Waals surface area contributed by atoms with Gasteiger partial charge in [-0.2, -0.15) is 17.5 Å². The summed E-state index contributed by atoms with van der Waals surface area (Å²) < 4.78 is 69.3. The van der Waals surface area contributed by atoms with Crippen molar-refractivity contribution in [1.82, 2.24) is 9.29 Å². The van der Waals surface area contributed by atoms with Gasteiger partial charge in [0.2, 0.25) is 5.88 Å². The molecule has 0 aliphatic carbocycles. The Morgan fingerprint density at radius 3 is 2.54 bits per heavy atom. The maximum absolute atomic E-state index is 12.6. The van der Waals surface area contributed by atoms with Crippen LogP contribution in [-0.2, 0) is 16.2 Å². The first-order chi connectivity index (χ1) is 11.2. The fraction of sp³-hybridized carbons (Fsp3) is 0.308. The molecule has 24 heavy (non-hydrogen) atoms. The van der Waals surface area contributed by atoms with Crippen LogP contribution >= 0.6 is 22.9 Å². The number of hydrogen-bond donors (Lipinski definition) is 0. The van der Waals surface area contributed by atoms with Crippen LogP contribution in [0.3, 0.4) is 0 Å². The van der Waals surface area contributed by atoms with Gasteiger partial charge in [0.25, 0.3) is 10.0 Å². The second kappa shape index (κ2) is 6.17. The van der Waals surface area contributed by atoms with Gasteiger partial charge < -0.3 is 4.74 Å². The van der Waals surface area contributed by atoms with Gasteiger partial charge in [-0.3, -0.25) is 0 Å². The predicted octanol–water partition coefficient (Wildman–Crippen LogP) is 3.27. The standard InChI is InChI=1S/C13H10ClF3N2O3S2/c14-10-4-5-12(23-10)24(20,21)19-6-8(7-19)22-11-3-1-2-9(18-11)13(15,16)17/h1-5,8H,6-7H2. The van der Waals surface area contributed by atoms with Crippen LogP contribution in [0.15, 0.2) is 34.5 Å². The molecule has 0 atom stereocenters. The quantitative estimate of drug-likeness (QED) is 0.793. The van der Waals surface area contributed by atoms with Crippen molar-refractivity contribution < 1.29 is 26.3 Å². The van der Waals surface area contributed by atoms with E-state index in [9.17, 15) is 21.6 Å². The van der Waals surface area contributed by atoms with E-state index >= 15 is 0 Å². The van der Waals surface area contributed by atoms with E-state index in [1.165, 1.54) is 28.6 Å². The average Bonchev–Trinajstić information content (AvgIpc) is 2.89. The second-order valence-electron chi connectivity index (χ2n) is 4.98. The normalized spacial score (nSPS) is 16.8. The molecule has 1 saturated heterocycles. The third kappa shape index (κ3) is 3.51. The molecule has 0 radical (unpaired) electrons. The molecule has 0 aromatic carbocycles. The van der Waals surface area contributed by atoms with Crippen LogP contribution in [0.5, 0.6) is 5.88 Å². The van der Waals surface area contributed by atoms with E-state index in [-0.39, 0.29) is 23.2 Å². The number of nitrogens with zero attached hydrogens (tertiary/aromatic N) is 2. The fourth-order valence-electron chi connectivity index (χ4n) is 2.04. The van der Waals surface area contributed by atoms with Crippen molar-refractivity contribution in [1.29, 1.82) is 0 Å². The van der Waals surface area contributed by atoms with Gasteiger partial charge in [-0.25, -0.2) is 13.4 Å². The first-order valence-corrected chi connectivity index (χ1v) is 9.26. The molecule has 0 bridgehead atoms. The highest BCUT2D eigenvalue weighted by Crippen LogP contribution is 2.32. The van der Waals surface area contributed by atoms with Crippen molar-refractivity contribution in [3.63, 3.8) is 0 Å². The van der Waals surface area contributed by atoms with E-state index < -0.39 is 28.0 Å². The summed E-state index contributed by atoms with van der Waals surface area (Å²) in [5.74, 6) is -0.189. The van der Waals surface area contributed by atoms with Crippen LogP contribution in [0.2, 0.25) is 4.34 Å². The van der Waals surface area contributed by atoms with Crippen LogP contribution in [0.25, 0.3) is 0 Å². The maximum Gasteiger partial charge on any atom is 0.433 e. The summed E-state index contributed by atoms with van der Waals surface area (Å²) in [7, 11) is -3.65. The van der Waals surface area contributed by atoms with Crippen LogP contribution in [-0.4, -0.2) is 36.9 Å². The second-order valence-corrected chi connectivity index (χ2v) is 8.86. The van der Waals surface area contributed by atoms with Gasteiger partial charge in [0.05, 0.1) is 17.4 Å². The summed E-state index contributed by atoms with van der Waals surface area (Å²) in [6, 6.07) is 6.21. The lowest BCUT2D eigenvalue weighted by atomic mass is 10.2. The maximum atomic E-state index is 12.6. The van der Waals surface area contributed by atoms with E-state index in [0.717, 1.165) is 17.4 Å². The first-order valence-electron chi connectivity index (χ1n) is 6.62. The summed E-state index contributed by atoms with van der Waals surface area (Å²) >= 11 is 6.67. The Morgan fingerprint density at radius 2 is 1.96 bits per heavy atom. The molecule has 1 aliphatic rings. The zero-order valence-corrected chi connectivity index (χ0v) is 14.2. The van der Waals surface area contributed by atoms with Crippen molar-refractivity contribution in [3.05, 3.63) is 40.4 Å². The van der Waals surface area contributed by atoms with E-state index in [2.05, 4.69) is 4.98 Å². The Kier molecular flexibility index (Phi) is 4.49. The number of alkyl halides is 3. The van der Waals surface area contributed by atoms with E-state index in [1.54, 1.807) is 0 Å². The molecule has 0 spiro atoms. The minimum absolute atomic E-state index is 0.0375. The number of halogens is 4. The molecule has 130 valence electrons. The van der Waals surface area contributed by atoms with Gasteiger partial charge in [0, 0.05) is 6.07 Å². The lowest BCUT2D eigenvalue weighted by Crippen LogP contribution is -2.55. The molecule has 1 fully saturated rings. The van der Waals surface area contributed by atoms with Gasteiger partial charge in [-0.15, -0.1) is 11.3 Å². The number of thiophene rings is 1. The highest BCUT2D eigenvalue weighted by Gasteiger charge is 2.39. The molecule has 0 amide bonds. The monoisotopic (exact) mass is 398 g/mol. The van der Waals surface area contributed by atoms with Crippen molar-refractivity contribution in [2.75, 3.05) is 13.1 Å². The Balaban J connectivity index is 1.64. The van der Waals surface area contributed by atoms with E-state index in [0.29, 0.717) is 4.34 Å². The summed E-state index contributed by atoms with van der Waals surface area (Å²) in [6.45, 7) is 0.0750. The van der Waals surface area contributed by atoms with Crippen molar-refractivity contribution in [2.24, 2.45) is 0 Å². The summed E-state index contributed by atoms with van der Waals surface area (Å²) in [6.07, 6.45) is -5.11. The number of hydrogen-bond acceptors (Lipinski definition) is 5. The van der Waals surface area contributed by atoms with Gasteiger partial charge in [0.15, 0.2) is 0 Å². The molecule has 2 aromatic rings. The van der Waals surface area contributed by atoms with Crippen molar-refractivity contribution >= 4 is 33.0 Å². The number of rotatable bonds is 4. The lowest BCUT2D eigenvalue weighted by molar-refractivity contribution is -0.141. The molecule has 5 nitrogen and oxygen atoms in total. The zero-order chi connectivity index (χ0) is 17.5. The van der Waals surface area contributed by atoms with Gasteiger partial charge >= 0.3 is 6.18 Å². The molecule has 3 rings (SSSR count). The number of aromatic nitrogens is 1. The number of ether oxygens (including phenoxy) is 1. The molecular weight excluding hydrogens is 389 g/mol. The van der Waals surface area contributed by atoms with Gasteiger partial charge in [0.1, 0.15) is 16.0 Å². The fourth-order valence-corrected chi connectivity index (χ4v) is 5.18. The van der Waals surface area contributed by atoms with Crippen molar-refractivity contribution in [2.45, 2.75) is 16.5 Å². The molecule has 0 unspecified atom stereocenters. The molecule has 3 heterocycles. The predicted molar refractivity (Wildman–Crippen MR) is 81.7 cm³/mol. The molecule has 0 saturated carbocycles. The third-order valence-corrected chi connectivity index (χ3v) is 6.79. The lowest BCUT2D eigenvalue weighted by Gasteiger charge is -2.37. The minimum Gasteiger partial charge on any atom is -0.472 e.